The largest absolute Gasteiger partial charge is 0.383 e. The molecule has 0 saturated carbocycles. The highest BCUT2D eigenvalue weighted by atomic mass is 79.9. The van der Waals surface area contributed by atoms with E-state index < -0.39 is 6.03 Å². The number of halogens is 1. The Bertz CT molecular complexity index is 1230. The first-order valence-electron chi connectivity index (χ1n) is 11.8. The fourth-order valence-corrected chi connectivity index (χ4v) is 4.04. The third-order valence-electron chi connectivity index (χ3n) is 5.59. The summed E-state index contributed by atoms with van der Waals surface area (Å²) in [5.41, 5.74) is 4.34. The Hall–Kier alpha value is -3.17. The molecule has 3 aromatic rings. The van der Waals surface area contributed by atoms with E-state index in [2.05, 4.69) is 53.4 Å². The van der Waals surface area contributed by atoms with Crippen LogP contribution in [0.25, 0.3) is 5.69 Å². The average molecular weight is 557 g/mol. The maximum atomic E-state index is 13.2. The van der Waals surface area contributed by atoms with Crippen molar-refractivity contribution in [3.8, 4) is 5.69 Å². The molecular weight excluding hydrogens is 522 g/mol. The van der Waals surface area contributed by atoms with Gasteiger partial charge in [-0.1, -0.05) is 60.5 Å². The summed E-state index contributed by atoms with van der Waals surface area (Å²) >= 11 is 3.40. The van der Waals surface area contributed by atoms with E-state index in [1.807, 2.05) is 44.2 Å². The van der Waals surface area contributed by atoms with Crippen molar-refractivity contribution in [1.82, 2.24) is 14.7 Å². The summed E-state index contributed by atoms with van der Waals surface area (Å²) in [5, 5.41) is 10.6. The molecule has 0 unspecified atom stereocenters. The standard InChI is InChI=1S/C27H34BrN5O3/c1-18-10-11-22(19(2)14-18)33-24(16-23(31-33)27(3,4)5)30-25(34)17-32(12-13-36-6)26(35)29-21-9-7-8-20(28)15-21/h7-11,14-16H,12-13,17H2,1-6H3,(H,29,35)(H,30,34). The second-order valence-electron chi connectivity index (χ2n) is 9.77. The molecule has 0 bridgehead atoms. The van der Waals surface area contributed by atoms with E-state index in [0.717, 1.165) is 27.0 Å². The number of amides is 3. The minimum Gasteiger partial charge on any atom is -0.383 e. The zero-order valence-corrected chi connectivity index (χ0v) is 23.3. The van der Waals surface area contributed by atoms with Gasteiger partial charge in [-0.05, 0) is 43.7 Å². The van der Waals surface area contributed by atoms with Gasteiger partial charge in [0.1, 0.15) is 12.4 Å². The Morgan fingerprint density at radius 3 is 2.47 bits per heavy atom. The first-order valence-corrected chi connectivity index (χ1v) is 12.6. The molecule has 0 aliphatic carbocycles. The lowest BCUT2D eigenvalue weighted by atomic mass is 9.92. The minimum absolute atomic E-state index is 0.147. The van der Waals surface area contributed by atoms with Crippen molar-refractivity contribution in [3.63, 3.8) is 0 Å². The topological polar surface area (TPSA) is 88.5 Å². The molecule has 192 valence electrons. The van der Waals surface area contributed by atoms with Crippen LogP contribution in [0.15, 0.2) is 53.0 Å². The van der Waals surface area contributed by atoms with Crippen molar-refractivity contribution in [2.24, 2.45) is 0 Å². The van der Waals surface area contributed by atoms with Gasteiger partial charge >= 0.3 is 6.03 Å². The lowest BCUT2D eigenvalue weighted by molar-refractivity contribution is -0.116. The van der Waals surface area contributed by atoms with Crippen LogP contribution in [0.3, 0.4) is 0 Å². The number of carbonyl (C=O) groups is 2. The summed E-state index contributed by atoms with van der Waals surface area (Å²) in [4.78, 5) is 27.5. The average Bonchev–Trinajstić information content (AvgIpc) is 3.20. The molecule has 0 radical (unpaired) electrons. The van der Waals surface area contributed by atoms with Gasteiger partial charge < -0.3 is 20.3 Å². The van der Waals surface area contributed by atoms with E-state index in [9.17, 15) is 9.59 Å². The highest BCUT2D eigenvalue weighted by Gasteiger charge is 2.23. The number of nitrogens with one attached hydrogen (secondary N) is 2. The fraction of sp³-hybridized carbons (Fsp3) is 0.370. The molecule has 0 aliphatic heterocycles. The first kappa shape index (κ1) is 27.4. The highest BCUT2D eigenvalue weighted by molar-refractivity contribution is 9.10. The van der Waals surface area contributed by atoms with Crippen LogP contribution in [0, 0.1) is 13.8 Å². The summed E-state index contributed by atoms with van der Waals surface area (Å²) in [5.74, 6) is 0.220. The van der Waals surface area contributed by atoms with Crippen molar-refractivity contribution < 1.29 is 14.3 Å². The monoisotopic (exact) mass is 555 g/mol. The van der Waals surface area contributed by atoms with Crippen molar-refractivity contribution in [2.45, 2.75) is 40.0 Å². The number of urea groups is 1. The second kappa shape index (κ2) is 11.7. The van der Waals surface area contributed by atoms with E-state index in [1.54, 1.807) is 23.9 Å². The van der Waals surface area contributed by atoms with Gasteiger partial charge in [0.2, 0.25) is 5.91 Å². The van der Waals surface area contributed by atoms with Crippen LogP contribution >= 0.6 is 15.9 Å². The fourth-order valence-electron chi connectivity index (χ4n) is 3.64. The van der Waals surface area contributed by atoms with E-state index in [0.29, 0.717) is 18.1 Å². The molecule has 0 fully saturated rings. The number of ether oxygens (including phenoxy) is 1. The normalized spacial score (nSPS) is 11.3. The number of anilines is 2. The summed E-state index contributed by atoms with van der Waals surface area (Å²) in [6, 6.07) is 14.9. The zero-order valence-electron chi connectivity index (χ0n) is 21.7. The van der Waals surface area contributed by atoms with E-state index in [1.165, 1.54) is 4.90 Å². The van der Waals surface area contributed by atoms with E-state index >= 15 is 0 Å². The lowest BCUT2D eigenvalue weighted by Gasteiger charge is -2.22. The minimum atomic E-state index is -0.390. The molecule has 1 heterocycles. The number of rotatable bonds is 8. The maximum Gasteiger partial charge on any atom is 0.322 e. The van der Waals surface area contributed by atoms with Gasteiger partial charge in [-0.3, -0.25) is 4.79 Å². The Morgan fingerprint density at radius 2 is 1.83 bits per heavy atom. The lowest BCUT2D eigenvalue weighted by Crippen LogP contribution is -2.42. The van der Waals surface area contributed by atoms with Crippen molar-refractivity contribution >= 4 is 39.4 Å². The molecule has 0 atom stereocenters. The highest BCUT2D eigenvalue weighted by Crippen LogP contribution is 2.28. The molecule has 3 rings (SSSR count). The zero-order chi connectivity index (χ0) is 26.5. The van der Waals surface area contributed by atoms with Crippen LogP contribution in [-0.2, 0) is 14.9 Å². The molecule has 0 saturated heterocycles. The number of carbonyl (C=O) groups excluding carboxylic acids is 2. The van der Waals surface area contributed by atoms with E-state index in [-0.39, 0.29) is 24.4 Å². The Morgan fingerprint density at radius 1 is 1.08 bits per heavy atom. The van der Waals surface area contributed by atoms with E-state index in [4.69, 9.17) is 9.84 Å². The van der Waals surface area contributed by atoms with Crippen molar-refractivity contribution in [2.75, 3.05) is 37.4 Å². The van der Waals surface area contributed by atoms with Crippen LogP contribution in [0.4, 0.5) is 16.3 Å². The summed E-state index contributed by atoms with van der Waals surface area (Å²) in [7, 11) is 1.56. The molecule has 0 spiro atoms. The summed E-state index contributed by atoms with van der Waals surface area (Å²) in [6.07, 6.45) is 0. The van der Waals surface area contributed by atoms with Gasteiger partial charge in [0, 0.05) is 35.3 Å². The Labute approximate surface area is 221 Å². The van der Waals surface area contributed by atoms with Crippen LogP contribution in [0.5, 0.6) is 0 Å². The van der Waals surface area contributed by atoms with Crippen LogP contribution in [0.2, 0.25) is 0 Å². The van der Waals surface area contributed by atoms with Crippen LogP contribution in [0.1, 0.15) is 37.6 Å². The smallest absolute Gasteiger partial charge is 0.322 e. The third-order valence-corrected chi connectivity index (χ3v) is 6.08. The molecule has 8 nitrogen and oxygen atoms in total. The molecule has 3 amide bonds. The van der Waals surface area contributed by atoms with Gasteiger partial charge in [0.15, 0.2) is 0 Å². The summed E-state index contributed by atoms with van der Waals surface area (Å²) in [6.45, 7) is 10.7. The maximum absolute atomic E-state index is 13.2. The van der Waals surface area contributed by atoms with Gasteiger partial charge in [0.05, 0.1) is 18.0 Å². The Kier molecular flexibility index (Phi) is 8.92. The second-order valence-corrected chi connectivity index (χ2v) is 10.7. The third kappa shape index (κ3) is 7.18. The molecule has 36 heavy (non-hydrogen) atoms. The van der Waals surface area contributed by atoms with Crippen molar-refractivity contribution in [1.29, 1.82) is 0 Å². The van der Waals surface area contributed by atoms with Crippen LogP contribution in [-0.4, -0.2) is 53.4 Å². The molecular formula is C27H34BrN5O3. The quantitative estimate of drug-likeness (QED) is 0.375. The number of benzene rings is 2. The van der Waals surface area contributed by atoms with Gasteiger partial charge in [-0.15, -0.1) is 0 Å². The van der Waals surface area contributed by atoms with Crippen LogP contribution < -0.4 is 10.6 Å². The number of methoxy groups -OCH3 is 1. The number of aryl methyl sites for hydroxylation is 2. The number of hydrogen-bond donors (Lipinski definition) is 2. The molecule has 0 aliphatic rings. The first-order chi connectivity index (χ1) is 17.0. The number of hydrogen-bond acceptors (Lipinski definition) is 4. The number of nitrogens with zero attached hydrogens (tertiary/aromatic N) is 3. The molecule has 1 aromatic heterocycles. The predicted octanol–water partition coefficient (Wildman–Crippen LogP) is 5.67. The molecule has 2 aromatic carbocycles. The molecule has 2 N–H and O–H groups in total. The van der Waals surface area contributed by atoms with Gasteiger partial charge in [-0.2, -0.15) is 5.10 Å². The SMILES string of the molecule is COCCN(CC(=O)Nc1cc(C(C)(C)C)nn1-c1ccc(C)cc1C)C(=O)Nc1cccc(Br)c1. The van der Waals surface area contributed by atoms with Gasteiger partial charge in [-0.25, -0.2) is 9.48 Å². The van der Waals surface area contributed by atoms with Crippen molar-refractivity contribution in [3.05, 3.63) is 69.8 Å². The predicted molar refractivity (Wildman–Crippen MR) is 147 cm³/mol. The Balaban J connectivity index is 1.83. The summed E-state index contributed by atoms with van der Waals surface area (Å²) < 4.78 is 7.76. The molecule has 9 heteroatoms. The van der Waals surface area contributed by atoms with Gasteiger partial charge in [0.25, 0.3) is 0 Å². The number of aromatic nitrogens is 2.